The largest absolute Gasteiger partial charge is 0.352 e. The maximum Gasteiger partial charge on any atom is 0.244 e. The smallest absolute Gasteiger partial charge is 0.244 e. The van der Waals surface area contributed by atoms with E-state index in [-0.39, 0.29) is 18.5 Å². The number of carbonyl (C=O) groups is 2. The normalized spacial score (nSPS) is 14.9. The number of benzene rings is 2. The maximum absolute atomic E-state index is 13.7. The van der Waals surface area contributed by atoms with Crippen LogP contribution in [0.15, 0.2) is 36.4 Å². The summed E-state index contributed by atoms with van der Waals surface area (Å²) in [6, 6.07) is 8.92. The number of aryl methyl sites for hydroxylation is 1. The van der Waals surface area contributed by atoms with E-state index >= 15 is 0 Å². The van der Waals surface area contributed by atoms with Gasteiger partial charge in [0.1, 0.15) is 12.6 Å². The summed E-state index contributed by atoms with van der Waals surface area (Å²) >= 11 is 18.5. The molecule has 2 amide bonds. The van der Waals surface area contributed by atoms with Gasteiger partial charge in [-0.3, -0.25) is 13.9 Å². The number of carbonyl (C=O) groups excluding carboxylic acids is 2. The Morgan fingerprint density at radius 3 is 2.28 bits per heavy atom. The molecule has 0 spiro atoms. The Kier molecular flexibility index (Phi) is 9.55. The monoisotopic (exact) mass is 573 g/mol. The van der Waals surface area contributed by atoms with Crippen molar-refractivity contribution in [2.75, 3.05) is 17.1 Å². The molecule has 1 aliphatic rings. The van der Waals surface area contributed by atoms with E-state index in [4.69, 9.17) is 34.8 Å². The zero-order chi connectivity index (χ0) is 26.6. The predicted octanol–water partition coefficient (Wildman–Crippen LogP) is 5.20. The highest BCUT2D eigenvalue weighted by molar-refractivity contribution is 7.92. The number of amides is 2. The van der Waals surface area contributed by atoms with Gasteiger partial charge in [0.15, 0.2) is 0 Å². The Hall–Kier alpha value is -2.00. The number of hydrogen-bond acceptors (Lipinski definition) is 4. The van der Waals surface area contributed by atoms with Crippen LogP contribution in [0.5, 0.6) is 0 Å². The van der Waals surface area contributed by atoms with Crippen molar-refractivity contribution in [1.82, 2.24) is 10.2 Å². The van der Waals surface area contributed by atoms with E-state index in [0.717, 1.165) is 36.2 Å². The highest BCUT2D eigenvalue weighted by Gasteiger charge is 2.32. The standard InChI is InChI=1S/C25H30Cl3N3O4S/c1-16-8-10-20(27)13-23(16)31(36(3,34)35)15-24(32)30(14-18-9-11-19(26)12-22(18)28)17(2)25(33)29-21-6-4-5-7-21/h8-13,17,21H,4-7,14-15H2,1-3H3,(H,29,33)/t17-/m1/s1. The van der Waals surface area contributed by atoms with Crippen molar-refractivity contribution in [3.8, 4) is 0 Å². The molecule has 36 heavy (non-hydrogen) atoms. The van der Waals surface area contributed by atoms with Crippen molar-refractivity contribution in [2.45, 2.75) is 58.2 Å². The molecule has 0 radical (unpaired) electrons. The molecule has 0 bridgehead atoms. The third kappa shape index (κ3) is 7.28. The number of nitrogens with zero attached hydrogens (tertiary/aromatic N) is 2. The fraction of sp³-hybridized carbons (Fsp3) is 0.440. The minimum atomic E-state index is -3.85. The first-order chi connectivity index (χ1) is 16.9. The third-order valence-electron chi connectivity index (χ3n) is 6.34. The van der Waals surface area contributed by atoms with Crippen LogP contribution in [-0.4, -0.2) is 50.0 Å². The van der Waals surface area contributed by atoms with E-state index in [2.05, 4.69) is 5.32 Å². The first kappa shape index (κ1) is 28.6. The molecule has 3 rings (SSSR count). The molecule has 0 unspecified atom stereocenters. The second-order valence-corrected chi connectivity index (χ2v) is 12.3. The Morgan fingerprint density at radius 2 is 1.67 bits per heavy atom. The van der Waals surface area contributed by atoms with Gasteiger partial charge < -0.3 is 10.2 Å². The van der Waals surface area contributed by atoms with Gasteiger partial charge in [0, 0.05) is 27.7 Å². The van der Waals surface area contributed by atoms with E-state index in [1.165, 1.54) is 11.0 Å². The van der Waals surface area contributed by atoms with Crippen molar-refractivity contribution in [1.29, 1.82) is 0 Å². The number of sulfonamides is 1. The van der Waals surface area contributed by atoms with E-state index in [0.29, 0.717) is 31.9 Å². The Labute approximate surface area is 227 Å². The van der Waals surface area contributed by atoms with Gasteiger partial charge in [-0.05, 0) is 62.1 Å². The Balaban J connectivity index is 1.94. The van der Waals surface area contributed by atoms with Crippen LogP contribution < -0.4 is 9.62 Å². The van der Waals surface area contributed by atoms with Crippen LogP contribution in [0.25, 0.3) is 0 Å². The summed E-state index contributed by atoms with van der Waals surface area (Å²) in [5, 5.41) is 4.14. The molecule has 2 aromatic rings. The van der Waals surface area contributed by atoms with Crippen LogP contribution in [0.1, 0.15) is 43.7 Å². The van der Waals surface area contributed by atoms with Crippen LogP contribution in [0.4, 0.5) is 5.69 Å². The lowest BCUT2D eigenvalue weighted by Crippen LogP contribution is -2.52. The Bertz CT molecular complexity index is 1230. The highest BCUT2D eigenvalue weighted by Crippen LogP contribution is 2.28. The first-order valence-electron chi connectivity index (χ1n) is 11.6. The van der Waals surface area contributed by atoms with Crippen molar-refractivity contribution in [3.63, 3.8) is 0 Å². The topological polar surface area (TPSA) is 86.8 Å². The minimum Gasteiger partial charge on any atom is -0.352 e. The molecule has 7 nitrogen and oxygen atoms in total. The number of anilines is 1. The predicted molar refractivity (Wildman–Crippen MR) is 145 cm³/mol. The lowest BCUT2D eigenvalue weighted by molar-refractivity contribution is -0.139. The van der Waals surface area contributed by atoms with Crippen LogP contribution in [0.2, 0.25) is 15.1 Å². The fourth-order valence-corrected chi connectivity index (χ4v) is 5.79. The number of rotatable bonds is 9. The zero-order valence-electron chi connectivity index (χ0n) is 20.4. The van der Waals surface area contributed by atoms with Crippen molar-refractivity contribution in [2.24, 2.45) is 0 Å². The van der Waals surface area contributed by atoms with Crippen LogP contribution in [-0.2, 0) is 26.2 Å². The van der Waals surface area contributed by atoms with Crippen molar-refractivity contribution in [3.05, 3.63) is 62.6 Å². The molecule has 0 aliphatic heterocycles. The van der Waals surface area contributed by atoms with Gasteiger partial charge >= 0.3 is 0 Å². The molecular weight excluding hydrogens is 545 g/mol. The zero-order valence-corrected chi connectivity index (χ0v) is 23.5. The SMILES string of the molecule is Cc1ccc(Cl)cc1N(CC(=O)N(Cc1ccc(Cl)cc1Cl)[C@H](C)C(=O)NC1CCCC1)S(C)(=O)=O. The summed E-state index contributed by atoms with van der Waals surface area (Å²) < 4.78 is 26.5. The minimum absolute atomic E-state index is 0.000217. The van der Waals surface area contributed by atoms with E-state index in [1.54, 1.807) is 44.2 Å². The summed E-state index contributed by atoms with van der Waals surface area (Å²) in [5.74, 6) is -0.856. The van der Waals surface area contributed by atoms with E-state index < -0.39 is 28.5 Å². The van der Waals surface area contributed by atoms with Crippen LogP contribution >= 0.6 is 34.8 Å². The molecule has 11 heteroatoms. The first-order valence-corrected chi connectivity index (χ1v) is 14.6. The third-order valence-corrected chi connectivity index (χ3v) is 8.29. The summed E-state index contributed by atoms with van der Waals surface area (Å²) in [7, 11) is -3.85. The summed E-state index contributed by atoms with van der Waals surface area (Å²) in [4.78, 5) is 28.1. The van der Waals surface area contributed by atoms with Gasteiger partial charge in [-0.15, -0.1) is 0 Å². The molecule has 1 fully saturated rings. The summed E-state index contributed by atoms with van der Waals surface area (Å²) in [5.41, 5.74) is 1.52. The fourth-order valence-electron chi connectivity index (χ4n) is 4.25. The van der Waals surface area contributed by atoms with Crippen molar-refractivity contribution < 1.29 is 18.0 Å². The quantitative estimate of drug-likeness (QED) is 0.446. The van der Waals surface area contributed by atoms with Crippen molar-refractivity contribution >= 4 is 62.3 Å². The molecule has 2 aromatic carbocycles. The molecule has 0 saturated heterocycles. The van der Waals surface area contributed by atoms with E-state index in [9.17, 15) is 18.0 Å². The maximum atomic E-state index is 13.7. The number of halogens is 3. The average Bonchev–Trinajstić information content (AvgIpc) is 3.30. The second kappa shape index (κ2) is 12.0. The van der Waals surface area contributed by atoms with E-state index in [1.807, 2.05) is 0 Å². The van der Waals surface area contributed by atoms with Gasteiger partial charge in [0.05, 0.1) is 11.9 Å². The summed E-state index contributed by atoms with van der Waals surface area (Å²) in [6.07, 6.45) is 4.91. The molecule has 1 atom stereocenters. The molecule has 1 N–H and O–H groups in total. The highest BCUT2D eigenvalue weighted by atomic mass is 35.5. The van der Waals surface area contributed by atoms with Crippen LogP contribution in [0.3, 0.4) is 0 Å². The molecule has 1 saturated carbocycles. The summed E-state index contributed by atoms with van der Waals surface area (Å²) in [6.45, 7) is 2.85. The second-order valence-electron chi connectivity index (χ2n) is 9.12. The van der Waals surface area contributed by atoms with Gasteiger partial charge in [-0.25, -0.2) is 8.42 Å². The average molecular weight is 575 g/mol. The van der Waals surface area contributed by atoms with Gasteiger partial charge in [0.2, 0.25) is 21.8 Å². The molecule has 1 aliphatic carbocycles. The molecule has 196 valence electrons. The van der Waals surface area contributed by atoms with Gasteiger partial charge in [-0.2, -0.15) is 0 Å². The lowest BCUT2D eigenvalue weighted by atomic mass is 10.1. The van der Waals surface area contributed by atoms with Gasteiger partial charge in [-0.1, -0.05) is 59.8 Å². The number of nitrogens with one attached hydrogen (secondary N) is 1. The van der Waals surface area contributed by atoms with Crippen LogP contribution in [0, 0.1) is 6.92 Å². The van der Waals surface area contributed by atoms with Gasteiger partial charge in [0.25, 0.3) is 0 Å². The molecular formula is C25H30Cl3N3O4S. The number of hydrogen-bond donors (Lipinski definition) is 1. The molecule has 0 heterocycles. The Morgan fingerprint density at radius 1 is 1.06 bits per heavy atom. The molecule has 0 aromatic heterocycles. The lowest BCUT2D eigenvalue weighted by Gasteiger charge is -2.32.